The van der Waals surface area contributed by atoms with Crippen molar-refractivity contribution in [1.82, 2.24) is 15.1 Å². The molecule has 0 fully saturated rings. The minimum Gasteiger partial charge on any atom is -0.465 e. The molecule has 106 valence electrons. The lowest BCUT2D eigenvalue weighted by molar-refractivity contribution is -0.143. The molecule has 0 saturated carbocycles. The van der Waals surface area contributed by atoms with Gasteiger partial charge in [0.25, 0.3) is 5.91 Å². The van der Waals surface area contributed by atoms with E-state index < -0.39 is 5.97 Å². The fourth-order valence-electron chi connectivity index (χ4n) is 1.95. The second kappa shape index (κ2) is 6.18. The predicted molar refractivity (Wildman–Crippen MR) is 74.3 cm³/mol. The minimum absolute atomic E-state index is 0.0351. The van der Waals surface area contributed by atoms with Crippen molar-refractivity contribution in [2.75, 3.05) is 19.7 Å². The molecule has 1 amide bonds. The molecule has 0 aliphatic heterocycles. The number of carbonyl (C=O) groups excluding carboxylic acids is 2. The molecule has 0 aliphatic carbocycles. The number of aromatic nitrogens is 2. The van der Waals surface area contributed by atoms with Gasteiger partial charge in [0.2, 0.25) is 0 Å². The number of esters is 1. The lowest BCUT2D eigenvalue weighted by Crippen LogP contribution is -2.36. The number of hydrogen-bond donors (Lipinski definition) is 1. The van der Waals surface area contributed by atoms with Crippen LogP contribution >= 0.6 is 0 Å². The Labute approximate surface area is 116 Å². The molecule has 6 heteroatoms. The summed E-state index contributed by atoms with van der Waals surface area (Å²) in [5, 5.41) is 7.61. The SMILES string of the molecule is CCOC(=O)CN(CC)C(=O)c1ccc2[nH]ncc2c1. The molecule has 20 heavy (non-hydrogen) atoms. The Morgan fingerprint density at radius 2 is 2.15 bits per heavy atom. The van der Waals surface area contributed by atoms with E-state index in [0.29, 0.717) is 18.7 Å². The van der Waals surface area contributed by atoms with Gasteiger partial charge in [-0.2, -0.15) is 5.10 Å². The highest BCUT2D eigenvalue weighted by atomic mass is 16.5. The van der Waals surface area contributed by atoms with Crippen molar-refractivity contribution >= 4 is 22.8 Å². The van der Waals surface area contributed by atoms with Gasteiger partial charge in [0.05, 0.1) is 18.3 Å². The van der Waals surface area contributed by atoms with Crippen LogP contribution in [0.15, 0.2) is 24.4 Å². The summed E-state index contributed by atoms with van der Waals surface area (Å²) >= 11 is 0. The Bertz CT molecular complexity index is 621. The first-order chi connectivity index (χ1) is 9.65. The second-order valence-corrected chi connectivity index (χ2v) is 4.30. The van der Waals surface area contributed by atoms with Crippen LogP contribution in [0.1, 0.15) is 24.2 Å². The summed E-state index contributed by atoms with van der Waals surface area (Å²) in [5.41, 5.74) is 1.40. The zero-order valence-electron chi connectivity index (χ0n) is 11.5. The number of carbonyl (C=O) groups is 2. The molecule has 6 nitrogen and oxygen atoms in total. The van der Waals surface area contributed by atoms with Crippen LogP contribution in [-0.2, 0) is 9.53 Å². The summed E-state index contributed by atoms with van der Waals surface area (Å²) in [4.78, 5) is 25.3. The number of nitrogens with one attached hydrogen (secondary N) is 1. The summed E-state index contributed by atoms with van der Waals surface area (Å²) in [5.74, 6) is -0.587. The largest absolute Gasteiger partial charge is 0.465 e. The highest BCUT2D eigenvalue weighted by molar-refractivity contribution is 5.99. The minimum atomic E-state index is -0.396. The monoisotopic (exact) mass is 275 g/mol. The number of likely N-dealkylation sites (N-methyl/N-ethyl adjacent to an activating group) is 1. The molecule has 0 bridgehead atoms. The number of hydrogen-bond acceptors (Lipinski definition) is 4. The first-order valence-electron chi connectivity index (χ1n) is 6.53. The van der Waals surface area contributed by atoms with Crippen LogP contribution in [0.4, 0.5) is 0 Å². The van der Waals surface area contributed by atoms with Crippen molar-refractivity contribution in [1.29, 1.82) is 0 Å². The maximum absolute atomic E-state index is 12.4. The summed E-state index contributed by atoms with van der Waals surface area (Å²) in [6.45, 7) is 4.29. The Morgan fingerprint density at radius 3 is 2.85 bits per heavy atom. The van der Waals surface area contributed by atoms with Gasteiger partial charge in [-0.3, -0.25) is 14.7 Å². The maximum atomic E-state index is 12.4. The number of rotatable bonds is 5. The van der Waals surface area contributed by atoms with Gasteiger partial charge >= 0.3 is 5.97 Å². The van der Waals surface area contributed by atoms with Crippen LogP contribution in [0.25, 0.3) is 10.9 Å². The first kappa shape index (κ1) is 14.0. The Morgan fingerprint density at radius 1 is 1.35 bits per heavy atom. The van der Waals surface area contributed by atoms with Crippen LogP contribution in [0, 0.1) is 0 Å². The topological polar surface area (TPSA) is 75.3 Å². The van der Waals surface area contributed by atoms with Crippen LogP contribution in [-0.4, -0.2) is 46.7 Å². The third-order valence-electron chi connectivity index (χ3n) is 2.98. The van der Waals surface area contributed by atoms with Gasteiger partial charge in [-0.05, 0) is 32.0 Å². The summed E-state index contributed by atoms with van der Waals surface area (Å²) < 4.78 is 4.87. The standard InChI is InChI=1S/C14H17N3O3/c1-3-17(9-13(18)20-4-2)14(19)10-5-6-12-11(7-10)8-15-16-12/h5-8H,3-4,9H2,1-2H3,(H,15,16). The van der Waals surface area contributed by atoms with Crippen molar-refractivity contribution in [3.8, 4) is 0 Å². The molecule has 0 radical (unpaired) electrons. The number of amides is 1. The van der Waals surface area contributed by atoms with Crippen molar-refractivity contribution in [2.45, 2.75) is 13.8 Å². The van der Waals surface area contributed by atoms with E-state index in [-0.39, 0.29) is 12.5 Å². The van der Waals surface area contributed by atoms with Gasteiger partial charge in [-0.1, -0.05) is 0 Å². The number of H-pyrrole nitrogens is 1. The van der Waals surface area contributed by atoms with E-state index in [0.717, 1.165) is 10.9 Å². The number of ether oxygens (including phenoxy) is 1. The molecule has 0 spiro atoms. The average Bonchev–Trinajstić information content (AvgIpc) is 2.91. The van der Waals surface area contributed by atoms with E-state index in [1.54, 1.807) is 31.3 Å². The molecular weight excluding hydrogens is 258 g/mol. The van der Waals surface area contributed by atoms with Crippen LogP contribution in [0.3, 0.4) is 0 Å². The number of fused-ring (bicyclic) bond motifs is 1. The number of aromatic amines is 1. The van der Waals surface area contributed by atoms with E-state index in [4.69, 9.17) is 4.74 Å². The molecule has 0 saturated heterocycles. The molecule has 2 aromatic rings. The molecule has 0 aliphatic rings. The van der Waals surface area contributed by atoms with Gasteiger partial charge in [0.15, 0.2) is 0 Å². The second-order valence-electron chi connectivity index (χ2n) is 4.30. The van der Waals surface area contributed by atoms with Crippen molar-refractivity contribution < 1.29 is 14.3 Å². The molecular formula is C14H17N3O3. The van der Waals surface area contributed by atoms with E-state index in [1.807, 2.05) is 6.92 Å². The zero-order valence-corrected chi connectivity index (χ0v) is 11.5. The highest BCUT2D eigenvalue weighted by Gasteiger charge is 2.18. The van der Waals surface area contributed by atoms with Gasteiger partial charge < -0.3 is 9.64 Å². The third kappa shape index (κ3) is 2.96. The van der Waals surface area contributed by atoms with E-state index in [2.05, 4.69) is 10.2 Å². The lowest BCUT2D eigenvalue weighted by Gasteiger charge is -2.19. The molecule has 0 atom stereocenters. The van der Waals surface area contributed by atoms with Crippen LogP contribution in [0.5, 0.6) is 0 Å². The van der Waals surface area contributed by atoms with Crippen molar-refractivity contribution in [3.63, 3.8) is 0 Å². The summed E-state index contributed by atoms with van der Waals surface area (Å²) in [6, 6.07) is 5.28. The highest BCUT2D eigenvalue weighted by Crippen LogP contribution is 2.14. The number of benzene rings is 1. The molecule has 2 rings (SSSR count). The molecule has 0 unspecified atom stereocenters. The smallest absolute Gasteiger partial charge is 0.325 e. The first-order valence-corrected chi connectivity index (χ1v) is 6.53. The fourth-order valence-corrected chi connectivity index (χ4v) is 1.95. The van der Waals surface area contributed by atoms with Crippen LogP contribution < -0.4 is 0 Å². The molecule has 1 N–H and O–H groups in total. The van der Waals surface area contributed by atoms with Crippen LogP contribution in [0.2, 0.25) is 0 Å². The Balaban J connectivity index is 2.16. The molecule has 1 aromatic heterocycles. The van der Waals surface area contributed by atoms with Gasteiger partial charge in [0.1, 0.15) is 6.54 Å². The van der Waals surface area contributed by atoms with E-state index in [1.165, 1.54) is 4.90 Å². The van der Waals surface area contributed by atoms with E-state index in [9.17, 15) is 9.59 Å². The third-order valence-corrected chi connectivity index (χ3v) is 2.98. The van der Waals surface area contributed by atoms with Crippen molar-refractivity contribution in [2.24, 2.45) is 0 Å². The molecule has 1 aromatic carbocycles. The van der Waals surface area contributed by atoms with E-state index >= 15 is 0 Å². The summed E-state index contributed by atoms with van der Waals surface area (Å²) in [6.07, 6.45) is 1.66. The van der Waals surface area contributed by atoms with Gasteiger partial charge in [-0.15, -0.1) is 0 Å². The van der Waals surface area contributed by atoms with Gasteiger partial charge in [0, 0.05) is 17.5 Å². The zero-order chi connectivity index (χ0) is 14.5. The van der Waals surface area contributed by atoms with Gasteiger partial charge in [-0.25, -0.2) is 0 Å². The van der Waals surface area contributed by atoms with Crippen molar-refractivity contribution in [3.05, 3.63) is 30.0 Å². The normalized spacial score (nSPS) is 10.5. The average molecular weight is 275 g/mol. The maximum Gasteiger partial charge on any atom is 0.325 e. The number of nitrogens with zero attached hydrogens (tertiary/aromatic N) is 2. The predicted octanol–water partition coefficient (Wildman–Crippen LogP) is 1.59. The quantitative estimate of drug-likeness (QED) is 0.841. The summed E-state index contributed by atoms with van der Waals surface area (Å²) in [7, 11) is 0. The Kier molecular flexibility index (Phi) is 4.34. The fraction of sp³-hybridized carbons (Fsp3) is 0.357. The lowest BCUT2D eigenvalue weighted by atomic mass is 10.1. The molecule has 1 heterocycles. The Hall–Kier alpha value is -2.37.